The molecule has 2 rings (SSSR count). The van der Waals surface area contributed by atoms with Gasteiger partial charge in [0.1, 0.15) is 11.6 Å². The van der Waals surface area contributed by atoms with E-state index in [1.54, 1.807) is 6.07 Å². The Hall–Kier alpha value is -1.75. The van der Waals surface area contributed by atoms with Crippen LogP contribution in [-0.2, 0) is 6.54 Å². The first-order valence-electron chi connectivity index (χ1n) is 4.82. The van der Waals surface area contributed by atoms with Crippen molar-refractivity contribution in [3.8, 4) is 11.3 Å². The maximum absolute atomic E-state index is 13.6. The van der Waals surface area contributed by atoms with Gasteiger partial charge in [0.25, 0.3) is 0 Å². The van der Waals surface area contributed by atoms with Crippen LogP contribution in [-0.4, -0.2) is 10.2 Å². The van der Waals surface area contributed by atoms with Crippen LogP contribution < -0.4 is 5.73 Å². The normalized spacial score (nSPS) is 10.8. The Morgan fingerprint density at radius 3 is 2.62 bits per heavy atom. The van der Waals surface area contributed by atoms with Crippen molar-refractivity contribution in [2.75, 3.05) is 0 Å². The first-order chi connectivity index (χ1) is 7.61. The topological polar surface area (TPSA) is 54.7 Å². The highest BCUT2D eigenvalue weighted by molar-refractivity contribution is 5.60. The molecular weight excluding hydrogens is 212 g/mol. The van der Waals surface area contributed by atoms with Crippen LogP contribution in [0, 0.1) is 18.6 Å². The molecule has 0 spiro atoms. The maximum atomic E-state index is 13.6. The van der Waals surface area contributed by atoms with Crippen LogP contribution in [0.1, 0.15) is 11.3 Å². The number of nitrogens with one attached hydrogen (secondary N) is 1. The summed E-state index contributed by atoms with van der Waals surface area (Å²) >= 11 is 0. The zero-order chi connectivity index (χ0) is 11.7. The summed E-state index contributed by atoms with van der Waals surface area (Å²) in [6.45, 7) is 1.79. The number of aryl methyl sites for hydroxylation is 1. The molecule has 16 heavy (non-hydrogen) atoms. The van der Waals surface area contributed by atoms with Gasteiger partial charge in [0.15, 0.2) is 0 Å². The molecule has 1 aromatic heterocycles. The number of nitrogens with zero attached hydrogens (tertiary/aromatic N) is 1. The monoisotopic (exact) mass is 223 g/mol. The summed E-state index contributed by atoms with van der Waals surface area (Å²) in [4.78, 5) is 0. The number of rotatable bonds is 2. The highest BCUT2D eigenvalue weighted by atomic mass is 19.1. The van der Waals surface area contributed by atoms with Gasteiger partial charge >= 0.3 is 0 Å². The van der Waals surface area contributed by atoms with Crippen LogP contribution in [0.3, 0.4) is 0 Å². The Kier molecular flexibility index (Phi) is 2.70. The van der Waals surface area contributed by atoms with Crippen LogP contribution in [0.15, 0.2) is 18.2 Å². The second kappa shape index (κ2) is 4.02. The van der Waals surface area contributed by atoms with E-state index in [1.807, 2.05) is 0 Å². The molecule has 1 aromatic carbocycles. The summed E-state index contributed by atoms with van der Waals surface area (Å²) in [5.74, 6) is -0.942. The molecule has 0 saturated carbocycles. The van der Waals surface area contributed by atoms with E-state index in [2.05, 4.69) is 10.2 Å². The Morgan fingerprint density at radius 1 is 1.25 bits per heavy atom. The van der Waals surface area contributed by atoms with Crippen molar-refractivity contribution in [2.45, 2.75) is 13.5 Å². The quantitative estimate of drug-likeness (QED) is 0.819. The molecule has 0 amide bonds. The predicted octanol–water partition coefficient (Wildman–Crippen LogP) is 2.12. The fourth-order valence-corrected chi connectivity index (χ4v) is 1.45. The van der Waals surface area contributed by atoms with Crippen molar-refractivity contribution in [1.82, 2.24) is 10.2 Å². The van der Waals surface area contributed by atoms with Gasteiger partial charge in [-0.3, -0.25) is 5.10 Å². The lowest BCUT2D eigenvalue weighted by atomic mass is 10.1. The SMILES string of the molecule is Cc1cc(F)c(-c2cc(CN)[nH]n2)cc1F. The van der Waals surface area contributed by atoms with Crippen LogP contribution in [0.2, 0.25) is 0 Å². The number of halogens is 2. The Labute approximate surface area is 91.3 Å². The predicted molar refractivity (Wildman–Crippen MR) is 56.6 cm³/mol. The average molecular weight is 223 g/mol. The zero-order valence-corrected chi connectivity index (χ0v) is 8.72. The fourth-order valence-electron chi connectivity index (χ4n) is 1.45. The molecule has 0 bridgehead atoms. The standard InChI is InChI=1S/C11H11F2N3/c1-6-2-10(13)8(4-9(6)12)11-3-7(5-14)15-16-11/h2-4H,5,14H2,1H3,(H,15,16). The van der Waals surface area contributed by atoms with E-state index >= 15 is 0 Å². The molecule has 5 heteroatoms. The highest BCUT2D eigenvalue weighted by Crippen LogP contribution is 2.24. The second-order valence-corrected chi connectivity index (χ2v) is 3.56. The molecule has 0 saturated heterocycles. The van der Waals surface area contributed by atoms with Gasteiger partial charge in [-0.05, 0) is 30.7 Å². The number of hydrogen-bond donors (Lipinski definition) is 2. The lowest BCUT2D eigenvalue weighted by Crippen LogP contribution is -1.95. The van der Waals surface area contributed by atoms with E-state index < -0.39 is 11.6 Å². The molecule has 0 unspecified atom stereocenters. The van der Waals surface area contributed by atoms with Crippen molar-refractivity contribution in [2.24, 2.45) is 5.73 Å². The maximum Gasteiger partial charge on any atom is 0.133 e. The summed E-state index contributed by atoms with van der Waals surface area (Å²) in [5, 5.41) is 6.53. The van der Waals surface area contributed by atoms with Crippen LogP contribution in [0.5, 0.6) is 0 Å². The molecule has 0 atom stereocenters. The minimum Gasteiger partial charge on any atom is -0.325 e. The number of benzene rings is 1. The van der Waals surface area contributed by atoms with Crippen LogP contribution in [0.25, 0.3) is 11.3 Å². The van der Waals surface area contributed by atoms with Crippen molar-refractivity contribution < 1.29 is 8.78 Å². The number of aromatic amines is 1. The van der Waals surface area contributed by atoms with E-state index in [9.17, 15) is 8.78 Å². The van der Waals surface area contributed by atoms with E-state index in [4.69, 9.17) is 5.73 Å². The Balaban J connectivity index is 2.51. The largest absolute Gasteiger partial charge is 0.325 e. The van der Waals surface area contributed by atoms with E-state index in [-0.39, 0.29) is 17.7 Å². The van der Waals surface area contributed by atoms with Gasteiger partial charge < -0.3 is 5.73 Å². The first kappa shape index (κ1) is 10.8. The van der Waals surface area contributed by atoms with Gasteiger partial charge in [-0.1, -0.05) is 0 Å². The van der Waals surface area contributed by atoms with Crippen molar-refractivity contribution in [3.63, 3.8) is 0 Å². The number of nitrogens with two attached hydrogens (primary N) is 1. The Morgan fingerprint density at radius 2 is 2.00 bits per heavy atom. The smallest absolute Gasteiger partial charge is 0.133 e. The molecule has 2 aromatic rings. The summed E-state index contributed by atoms with van der Waals surface area (Å²) in [6.07, 6.45) is 0. The summed E-state index contributed by atoms with van der Waals surface area (Å²) in [6, 6.07) is 3.90. The molecule has 1 heterocycles. The van der Waals surface area contributed by atoms with Gasteiger partial charge in [-0.25, -0.2) is 8.78 Å². The lowest BCUT2D eigenvalue weighted by Gasteiger charge is -2.02. The molecule has 84 valence electrons. The van der Waals surface area contributed by atoms with Crippen LogP contribution >= 0.6 is 0 Å². The van der Waals surface area contributed by atoms with Gasteiger partial charge in [0, 0.05) is 17.8 Å². The molecule has 0 aliphatic heterocycles. The molecule has 0 fully saturated rings. The molecule has 0 aliphatic rings. The molecule has 3 N–H and O–H groups in total. The molecule has 0 radical (unpaired) electrons. The van der Waals surface area contributed by atoms with Crippen LogP contribution in [0.4, 0.5) is 8.78 Å². The fraction of sp³-hybridized carbons (Fsp3) is 0.182. The number of aromatic nitrogens is 2. The highest BCUT2D eigenvalue weighted by Gasteiger charge is 2.11. The minimum absolute atomic E-state index is 0.138. The zero-order valence-electron chi connectivity index (χ0n) is 8.72. The molecular formula is C11H11F2N3. The van der Waals surface area contributed by atoms with E-state index in [1.165, 1.54) is 6.92 Å². The van der Waals surface area contributed by atoms with Gasteiger partial charge in [-0.15, -0.1) is 0 Å². The third kappa shape index (κ3) is 1.81. The van der Waals surface area contributed by atoms with Gasteiger partial charge in [-0.2, -0.15) is 5.10 Å². The Bertz CT molecular complexity index is 520. The summed E-state index contributed by atoms with van der Waals surface area (Å²) in [5.41, 5.74) is 6.84. The van der Waals surface area contributed by atoms with Crippen molar-refractivity contribution in [1.29, 1.82) is 0 Å². The van der Waals surface area contributed by atoms with Gasteiger partial charge in [0.2, 0.25) is 0 Å². The number of hydrogen-bond acceptors (Lipinski definition) is 2. The summed E-state index contributed by atoms with van der Waals surface area (Å²) in [7, 11) is 0. The third-order valence-corrected chi connectivity index (χ3v) is 2.38. The molecule has 0 aliphatic carbocycles. The van der Waals surface area contributed by atoms with E-state index in [0.29, 0.717) is 11.4 Å². The molecule has 3 nitrogen and oxygen atoms in total. The van der Waals surface area contributed by atoms with Gasteiger partial charge in [0.05, 0.1) is 5.69 Å². The summed E-state index contributed by atoms with van der Waals surface area (Å²) < 4.78 is 26.9. The number of H-pyrrole nitrogens is 1. The average Bonchev–Trinajstić information content (AvgIpc) is 2.71. The minimum atomic E-state index is -0.492. The van der Waals surface area contributed by atoms with Crippen molar-refractivity contribution in [3.05, 3.63) is 41.1 Å². The lowest BCUT2D eigenvalue weighted by molar-refractivity contribution is 0.594. The van der Waals surface area contributed by atoms with E-state index in [0.717, 1.165) is 12.1 Å². The van der Waals surface area contributed by atoms with Crippen molar-refractivity contribution >= 4 is 0 Å². The third-order valence-electron chi connectivity index (χ3n) is 2.38. The second-order valence-electron chi connectivity index (χ2n) is 3.56. The first-order valence-corrected chi connectivity index (χ1v) is 4.82.